The number of ether oxygens (including phenoxy) is 1. The second-order valence-corrected chi connectivity index (χ2v) is 4.17. The van der Waals surface area contributed by atoms with Gasteiger partial charge in [-0.25, -0.2) is 0 Å². The van der Waals surface area contributed by atoms with Crippen molar-refractivity contribution in [1.29, 1.82) is 0 Å². The molecule has 0 saturated heterocycles. The molecule has 98 valence electrons. The average Bonchev–Trinajstić information content (AvgIpc) is 2.30. The number of allylic oxidation sites excluding steroid dienone is 1. The molecule has 1 aromatic carbocycles. The van der Waals surface area contributed by atoms with Crippen molar-refractivity contribution in [2.75, 3.05) is 13.7 Å². The first-order valence-electron chi connectivity index (χ1n) is 5.72. The molecule has 0 bridgehead atoms. The summed E-state index contributed by atoms with van der Waals surface area (Å²) in [6, 6.07) is 4.63. The van der Waals surface area contributed by atoms with Crippen LogP contribution in [0.25, 0.3) is 0 Å². The molecular weight excluding hydrogens is 232 g/mol. The summed E-state index contributed by atoms with van der Waals surface area (Å²) in [4.78, 5) is 10.3. The number of hydrogen-bond donors (Lipinski definition) is 1. The van der Waals surface area contributed by atoms with Gasteiger partial charge in [-0.2, -0.15) is 0 Å². The lowest BCUT2D eigenvalue weighted by Crippen LogP contribution is -2.08. The van der Waals surface area contributed by atoms with Crippen molar-refractivity contribution in [1.82, 2.24) is 5.32 Å². The molecule has 0 aromatic heterocycles. The number of benzene rings is 1. The standard InChI is InChI=1S/C13H18N2O3/c1-10(2)6-7-18-13-5-4-12(15(16)17)8-11(13)9-14-3/h4-6,8,14H,7,9H2,1-3H3. The quantitative estimate of drug-likeness (QED) is 0.479. The number of nitrogens with one attached hydrogen (secondary N) is 1. The first-order chi connectivity index (χ1) is 8.54. The number of rotatable bonds is 6. The Hall–Kier alpha value is -1.88. The third kappa shape index (κ3) is 4.18. The van der Waals surface area contributed by atoms with Crippen molar-refractivity contribution in [3.63, 3.8) is 0 Å². The largest absolute Gasteiger partial charge is 0.489 e. The Balaban J connectivity index is 2.89. The van der Waals surface area contributed by atoms with Gasteiger partial charge in [0.25, 0.3) is 5.69 Å². The molecule has 1 rings (SSSR count). The van der Waals surface area contributed by atoms with E-state index in [1.807, 2.05) is 19.9 Å². The summed E-state index contributed by atoms with van der Waals surface area (Å²) in [5.41, 5.74) is 2.04. The predicted molar refractivity (Wildman–Crippen MR) is 70.8 cm³/mol. The van der Waals surface area contributed by atoms with Crippen LogP contribution in [-0.2, 0) is 6.54 Å². The van der Waals surface area contributed by atoms with Crippen molar-refractivity contribution in [2.24, 2.45) is 0 Å². The van der Waals surface area contributed by atoms with E-state index in [9.17, 15) is 10.1 Å². The van der Waals surface area contributed by atoms with Crippen LogP contribution in [0.1, 0.15) is 19.4 Å². The fourth-order valence-electron chi connectivity index (χ4n) is 1.45. The van der Waals surface area contributed by atoms with E-state index in [2.05, 4.69) is 5.32 Å². The van der Waals surface area contributed by atoms with Gasteiger partial charge in [0.15, 0.2) is 0 Å². The van der Waals surface area contributed by atoms with Crippen LogP contribution >= 0.6 is 0 Å². The number of nitro groups is 1. The van der Waals surface area contributed by atoms with Crippen LogP contribution in [0.5, 0.6) is 5.75 Å². The summed E-state index contributed by atoms with van der Waals surface area (Å²) in [5, 5.41) is 13.7. The first kappa shape index (κ1) is 14.2. The minimum Gasteiger partial charge on any atom is -0.489 e. The topological polar surface area (TPSA) is 64.4 Å². The molecule has 5 heteroatoms. The number of nitro benzene ring substituents is 1. The molecule has 0 atom stereocenters. The molecule has 0 amide bonds. The Labute approximate surface area is 107 Å². The Morgan fingerprint density at radius 1 is 1.50 bits per heavy atom. The number of nitrogens with zero attached hydrogens (tertiary/aromatic N) is 1. The average molecular weight is 250 g/mol. The molecule has 0 unspecified atom stereocenters. The van der Waals surface area contributed by atoms with E-state index in [0.717, 1.165) is 5.56 Å². The molecule has 0 spiro atoms. The maximum Gasteiger partial charge on any atom is 0.270 e. The molecule has 1 N–H and O–H groups in total. The van der Waals surface area contributed by atoms with E-state index in [1.165, 1.54) is 17.7 Å². The zero-order valence-corrected chi connectivity index (χ0v) is 10.9. The van der Waals surface area contributed by atoms with Gasteiger partial charge in [0.2, 0.25) is 0 Å². The van der Waals surface area contributed by atoms with Crippen molar-refractivity contribution in [3.8, 4) is 5.75 Å². The summed E-state index contributed by atoms with van der Waals surface area (Å²) in [6.45, 7) is 4.99. The molecule has 0 aliphatic heterocycles. The minimum absolute atomic E-state index is 0.0785. The summed E-state index contributed by atoms with van der Waals surface area (Å²) in [6.07, 6.45) is 1.96. The molecular formula is C13H18N2O3. The van der Waals surface area contributed by atoms with Gasteiger partial charge in [0, 0.05) is 24.2 Å². The van der Waals surface area contributed by atoms with Crippen molar-refractivity contribution < 1.29 is 9.66 Å². The van der Waals surface area contributed by atoms with E-state index in [4.69, 9.17) is 4.74 Å². The highest BCUT2D eigenvalue weighted by atomic mass is 16.6. The second kappa shape index (κ2) is 6.76. The van der Waals surface area contributed by atoms with Gasteiger partial charge in [0.1, 0.15) is 12.4 Å². The lowest BCUT2D eigenvalue weighted by molar-refractivity contribution is -0.384. The lowest BCUT2D eigenvalue weighted by Gasteiger charge is -2.09. The summed E-state index contributed by atoms with van der Waals surface area (Å²) in [7, 11) is 1.79. The Kier molecular flexibility index (Phi) is 5.32. The highest BCUT2D eigenvalue weighted by Gasteiger charge is 2.10. The predicted octanol–water partition coefficient (Wildman–Crippen LogP) is 2.66. The maximum atomic E-state index is 10.7. The van der Waals surface area contributed by atoms with Crippen molar-refractivity contribution in [2.45, 2.75) is 20.4 Å². The van der Waals surface area contributed by atoms with Crippen molar-refractivity contribution in [3.05, 3.63) is 45.5 Å². The van der Waals surface area contributed by atoms with Gasteiger partial charge in [0.05, 0.1) is 4.92 Å². The first-order valence-corrected chi connectivity index (χ1v) is 5.72. The fourth-order valence-corrected chi connectivity index (χ4v) is 1.45. The molecule has 5 nitrogen and oxygen atoms in total. The molecule has 0 radical (unpaired) electrons. The van der Waals surface area contributed by atoms with E-state index in [-0.39, 0.29) is 5.69 Å². The summed E-state index contributed by atoms with van der Waals surface area (Å²) < 4.78 is 5.60. The van der Waals surface area contributed by atoms with E-state index in [0.29, 0.717) is 18.9 Å². The van der Waals surface area contributed by atoms with Gasteiger partial charge in [-0.1, -0.05) is 5.57 Å². The van der Waals surface area contributed by atoms with Crippen LogP contribution in [0, 0.1) is 10.1 Å². The third-order valence-electron chi connectivity index (χ3n) is 2.35. The van der Waals surface area contributed by atoms with Crippen molar-refractivity contribution >= 4 is 5.69 Å². The van der Waals surface area contributed by atoms with E-state index in [1.54, 1.807) is 13.1 Å². The second-order valence-electron chi connectivity index (χ2n) is 4.17. The lowest BCUT2D eigenvalue weighted by atomic mass is 10.1. The fraction of sp³-hybridized carbons (Fsp3) is 0.385. The monoisotopic (exact) mass is 250 g/mol. The molecule has 0 fully saturated rings. The van der Waals surface area contributed by atoms with Gasteiger partial charge >= 0.3 is 0 Å². The van der Waals surface area contributed by atoms with Gasteiger partial charge in [-0.05, 0) is 33.0 Å². The van der Waals surface area contributed by atoms with Crippen LogP contribution in [0.15, 0.2) is 29.8 Å². The third-order valence-corrected chi connectivity index (χ3v) is 2.35. The minimum atomic E-state index is -0.404. The van der Waals surface area contributed by atoms with Gasteiger partial charge in [-0.3, -0.25) is 10.1 Å². The normalized spacial score (nSPS) is 9.94. The van der Waals surface area contributed by atoms with E-state index < -0.39 is 4.92 Å². The smallest absolute Gasteiger partial charge is 0.270 e. The molecule has 0 aliphatic rings. The number of hydrogen-bond acceptors (Lipinski definition) is 4. The molecule has 0 heterocycles. The zero-order valence-electron chi connectivity index (χ0n) is 10.9. The number of non-ortho nitro benzene ring substituents is 1. The molecule has 1 aromatic rings. The SMILES string of the molecule is CNCc1cc([N+](=O)[O-])ccc1OCC=C(C)C. The van der Waals surface area contributed by atoms with E-state index >= 15 is 0 Å². The van der Waals surface area contributed by atoms with Gasteiger partial charge in [-0.15, -0.1) is 0 Å². The molecule has 18 heavy (non-hydrogen) atoms. The van der Waals surface area contributed by atoms with Crippen LogP contribution < -0.4 is 10.1 Å². The highest BCUT2D eigenvalue weighted by Crippen LogP contribution is 2.24. The van der Waals surface area contributed by atoms with Crippen LogP contribution in [0.3, 0.4) is 0 Å². The van der Waals surface area contributed by atoms with Crippen LogP contribution in [0.4, 0.5) is 5.69 Å². The maximum absolute atomic E-state index is 10.7. The van der Waals surface area contributed by atoms with Crippen LogP contribution in [0.2, 0.25) is 0 Å². The van der Waals surface area contributed by atoms with Crippen LogP contribution in [-0.4, -0.2) is 18.6 Å². The summed E-state index contributed by atoms with van der Waals surface area (Å²) in [5.74, 6) is 0.674. The highest BCUT2D eigenvalue weighted by molar-refractivity contribution is 5.43. The summed E-state index contributed by atoms with van der Waals surface area (Å²) >= 11 is 0. The zero-order chi connectivity index (χ0) is 13.5. The molecule has 0 saturated carbocycles. The Morgan fingerprint density at radius 2 is 2.22 bits per heavy atom. The Morgan fingerprint density at radius 3 is 2.78 bits per heavy atom. The Bertz CT molecular complexity index is 452. The molecule has 0 aliphatic carbocycles. The van der Waals surface area contributed by atoms with Gasteiger partial charge < -0.3 is 10.1 Å².